The first kappa shape index (κ1) is 27.7. The lowest BCUT2D eigenvalue weighted by atomic mass is 10.0. The third-order valence-corrected chi connectivity index (χ3v) is 7.70. The van der Waals surface area contributed by atoms with Crippen molar-refractivity contribution in [3.63, 3.8) is 0 Å². The molecule has 2 saturated heterocycles. The van der Waals surface area contributed by atoms with E-state index in [1.54, 1.807) is 0 Å². The van der Waals surface area contributed by atoms with Gasteiger partial charge >= 0.3 is 5.97 Å². The number of nitrogens with zero attached hydrogens (tertiary/aromatic N) is 5. The molecule has 0 radical (unpaired) electrons. The van der Waals surface area contributed by atoms with Crippen LogP contribution in [0.25, 0.3) is 11.0 Å². The second-order valence-electron chi connectivity index (χ2n) is 10.5. The molecule has 0 saturated carbocycles. The van der Waals surface area contributed by atoms with E-state index in [1.807, 2.05) is 10.6 Å². The number of aromatic nitrogens is 3. The first-order valence-corrected chi connectivity index (χ1v) is 13.5. The van der Waals surface area contributed by atoms with Gasteiger partial charge in [0.2, 0.25) is 0 Å². The van der Waals surface area contributed by atoms with Gasteiger partial charge in [-0.15, -0.1) is 0 Å². The fraction of sp³-hybridized carbons (Fsp3) is 0.333. The summed E-state index contributed by atoms with van der Waals surface area (Å²) in [5, 5.41) is 18.3. The maximum absolute atomic E-state index is 14.9. The molecule has 2 fully saturated rings. The van der Waals surface area contributed by atoms with Crippen LogP contribution in [0.15, 0.2) is 42.5 Å². The second-order valence-corrected chi connectivity index (χ2v) is 10.5. The number of nitriles is 1. The summed E-state index contributed by atoms with van der Waals surface area (Å²) in [5.74, 6) is -2.73. The minimum absolute atomic E-state index is 0.0316. The number of rotatable bonds is 9. The molecule has 2 aliphatic heterocycles. The lowest BCUT2D eigenvalue weighted by molar-refractivity contribution is -0.0591. The van der Waals surface area contributed by atoms with Crippen molar-refractivity contribution in [2.75, 3.05) is 19.7 Å². The zero-order chi connectivity index (χ0) is 29.4. The van der Waals surface area contributed by atoms with Gasteiger partial charge in [-0.05, 0) is 61.9 Å². The van der Waals surface area contributed by atoms with Crippen molar-refractivity contribution in [3.8, 4) is 11.8 Å². The highest BCUT2D eigenvalue weighted by atomic mass is 19.1. The van der Waals surface area contributed by atoms with Gasteiger partial charge in [-0.25, -0.2) is 22.9 Å². The summed E-state index contributed by atoms with van der Waals surface area (Å²) in [5.41, 5.74) is 1.23. The molecule has 2 aromatic heterocycles. The zero-order valence-electron chi connectivity index (χ0n) is 22.4. The number of imidazole rings is 1. The van der Waals surface area contributed by atoms with Gasteiger partial charge in [0.25, 0.3) is 0 Å². The van der Waals surface area contributed by atoms with Crippen LogP contribution in [0.4, 0.5) is 13.2 Å². The Morgan fingerprint density at radius 3 is 2.64 bits per heavy atom. The number of pyridine rings is 1. The zero-order valence-corrected chi connectivity index (χ0v) is 22.4. The van der Waals surface area contributed by atoms with Crippen LogP contribution in [-0.4, -0.2) is 56.3 Å². The minimum Gasteiger partial charge on any atom is -0.484 e. The molecular weight excluding hydrogens is 551 g/mol. The minimum atomic E-state index is -1.23. The number of hydrogen-bond acceptors (Lipinski definition) is 7. The van der Waals surface area contributed by atoms with E-state index in [-0.39, 0.29) is 46.7 Å². The van der Waals surface area contributed by atoms with E-state index >= 15 is 0 Å². The Balaban J connectivity index is 1.19. The summed E-state index contributed by atoms with van der Waals surface area (Å²) in [6, 6.07) is 11.0. The van der Waals surface area contributed by atoms with Crippen molar-refractivity contribution in [2.45, 2.75) is 44.6 Å². The summed E-state index contributed by atoms with van der Waals surface area (Å²) in [7, 11) is 0. The molecule has 4 aromatic rings. The highest BCUT2D eigenvalue weighted by Gasteiger charge is 2.30. The predicted molar refractivity (Wildman–Crippen MR) is 143 cm³/mol. The quantitative estimate of drug-likeness (QED) is 0.303. The molecule has 12 heteroatoms. The van der Waals surface area contributed by atoms with Crippen LogP contribution in [0.5, 0.6) is 5.75 Å². The third-order valence-electron chi connectivity index (χ3n) is 7.70. The first-order valence-electron chi connectivity index (χ1n) is 13.5. The Morgan fingerprint density at radius 1 is 1.10 bits per heavy atom. The van der Waals surface area contributed by atoms with Crippen molar-refractivity contribution < 1.29 is 32.5 Å². The Hall–Kier alpha value is -4.47. The molecule has 2 aromatic carbocycles. The largest absolute Gasteiger partial charge is 0.484 e. The fourth-order valence-electron chi connectivity index (χ4n) is 5.41. The van der Waals surface area contributed by atoms with Gasteiger partial charge in [-0.1, -0.05) is 0 Å². The molecular formula is C30H26F3N5O4. The maximum atomic E-state index is 14.9. The number of fused-ring (bicyclic) bond motifs is 1. The number of aromatic carboxylic acids is 1. The molecule has 0 aliphatic carbocycles. The standard InChI is InChI=1S/C30H26F3N5O4/c31-22-3-2-20(16-42-26-4-1-17(12-34)9-23(26)32)35-28(22)18-5-7-37(13-18)15-27-36-29-24(33)10-19(30(39)40)11-25(29)38(27)14-21-6-8-41-21/h1-4,9-11,18,21H,5-8,13-16H2,(H,39,40). The van der Waals surface area contributed by atoms with Gasteiger partial charge in [-0.2, -0.15) is 5.26 Å². The molecule has 216 valence electrons. The first-order chi connectivity index (χ1) is 20.3. The highest BCUT2D eigenvalue weighted by Crippen LogP contribution is 2.31. The van der Waals surface area contributed by atoms with Gasteiger partial charge in [0.05, 0.1) is 53.3 Å². The molecule has 42 heavy (non-hydrogen) atoms. The van der Waals surface area contributed by atoms with Gasteiger partial charge in [0.1, 0.15) is 23.8 Å². The van der Waals surface area contributed by atoms with E-state index in [0.29, 0.717) is 56.2 Å². The number of carboxylic acid groups (broad SMARTS) is 1. The second kappa shape index (κ2) is 11.4. The summed E-state index contributed by atoms with van der Waals surface area (Å²) >= 11 is 0. The molecule has 2 unspecified atom stereocenters. The number of carboxylic acids is 1. The molecule has 0 spiro atoms. The maximum Gasteiger partial charge on any atom is 0.335 e. The van der Waals surface area contributed by atoms with Crippen LogP contribution in [0.2, 0.25) is 0 Å². The van der Waals surface area contributed by atoms with Crippen LogP contribution in [0.1, 0.15) is 51.9 Å². The Bertz CT molecular complexity index is 1720. The molecule has 4 heterocycles. The number of hydrogen-bond donors (Lipinski definition) is 1. The molecule has 6 rings (SSSR count). The van der Waals surface area contributed by atoms with E-state index in [0.717, 1.165) is 18.6 Å². The normalized spacial score (nSPS) is 18.6. The average molecular weight is 578 g/mol. The van der Waals surface area contributed by atoms with E-state index in [2.05, 4.69) is 14.9 Å². The lowest BCUT2D eigenvalue weighted by Crippen LogP contribution is -2.32. The topological polar surface area (TPSA) is 114 Å². The van der Waals surface area contributed by atoms with Crippen LogP contribution >= 0.6 is 0 Å². The van der Waals surface area contributed by atoms with E-state index < -0.39 is 23.4 Å². The lowest BCUT2D eigenvalue weighted by Gasteiger charge is -2.28. The molecule has 2 atom stereocenters. The van der Waals surface area contributed by atoms with Crippen molar-refractivity contribution in [1.82, 2.24) is 19.4 Å². The molecule has 0 bridgehead atoms. The number of halogens is 3. The highest BCUT2D eigenvalue weighted by molar-refractivity contribution is 5.92. The van der Waals surface area contributed by atoms with Gasteiger partial charge in [0.15, 0.2) is 17.4 Å². The van der Waals surface area contributed by atoms with Crippen molar-refractivity contribution in [1.29, 1.82) is 5.26 Å². The van der Waals surface area contributed by atoms with Gasteiger partial charge < -0.3 is 19.1 Å². The van der Waals surface area contributed by atoms with Crippen LogP contribution in [0.3, 0.4) is 0 Å². The van der Waals surface area contributed by atoms with Crippen molar-refractivity contribution in [3.05, 3.63) is 88.3 Å². The summed E-state index contributed by atoms with van der Waals surface area (Å²) in [6.45, 7) is 2.43. The number of benzene rings is 2. The molecule has 2 aliphatic rings. The number of carbonyl (C=O) groups is 1. The van der Waals surface area contributed by atoms with Crippen LogP contribution < -0.4 is 4.74 Å². The number of likely N-dealkylation sites (tertiary alicyclic amines) is 1. The summed E-state index contributed by atoms with van der Waals surface area (Å²) in [4.78, 5) is 22.6. The van der Waals surface area contributed by atoms with Crippen molar-refractivity contribution >= 4 is 17.0 Å². The molecule has 9 nitrogen and oxygen atoms in total. The number of ether oxygens (including phenoxy) is 2. The SMILES string of the molecule is N#Cc1ccc(OCc2ccc(F)c(C3CCN(Cc4nc5c(F)cc(C(=O)O)cc5n4CC4CCO4)C3)n2)c(F)c1. The molecule has 0 amide bonds. The fourth-order valence-corrected chi connectivity index (χ4v) is 5.41. The Labute approximate surface area is 238 Å². The van der Waals surface area contributed by atoms with E-state index in [4.69, 9.17) is 14.7 Å². The van der Waals surface area contributed by atoms with Crippen molar-refractivity contribution in [2.24, 2.45) is 0 Å². The monoisotopic (exact) mass is 577 g/mol. The van der Waals surface area contributed by atoms with E-state index in [9.17, 15) is 23.1 Å². The smallest absolute Gasteiger partial charge is 0.335 e. The van der Waals surface area contributed by atoms with Gasteiger partial charge in [-0.3, -0.25) is 9.88 Å². The van der Waals surface area contributed by atoms with Crippen LogP contribution in [0, 0.1) is 28.8 Å². The third kappa shape index (κ3) is 5.53. The van der Waals surface area contributed by atoms with E-state index in [1.165, 1.54) is 30.3 Å². The van der Waals surface area contributed by atoms with Gasteiger partial charge in [0, 0.05) is 19.1 Å². The molecule has 1 N–H and O–H groups in total. The summed E-state index contributed by atoms with van der Waals surface area (Å²) < 4.78 is 56.9. The predicted octanol–water partition coefficient (Wildman–Crippen LogP) is 4.78. The Morgan fingerprint density at radius 2 is 1.93 bits per heavy atom. The average Bonchev–Trinajstić information content (AvgIpc) is 3.55. The summed E-state index contributed by atoms with van der Waals surface area (Å²) in [6.07, 6.45) is 1.40. The Kier molecular flexibility index (Phi) is 7.53. The van der Waals surface area contributed by atoms with Crippen LogP contribution in [-0.2, 0) is 24.4 Å².